The maximum atomic E-state index is 12.8. The lowest BCUT2D eigenvalue weighted by Gasteiger charge is -2.18. The molecular weight excluding hydrogens is 382 g/mol. The zero-order valence-corrected chi connectivity index (χ0v) is 16.6. The molecule has 2 bridgehead atoms. The Morgan fingerprint density at radius 2 is 1.63 bits per heavy atom. The van der Waals surface area contributed by atoms with Gasteiger partial charge in [0.1, 0.15) is 18.6 Å². The molecule has 0 amide bonds. The average molecular weight is 408 g/mol. The Morgan fingerprint density at radius 3 is 2.20 bits per heavy atom. The number of carbonyl (C=O) groups is 2. The van der Waals surface area contributed by atoms with E-state index in [4.69, 9.17) is 4.84 Å². The number of rotatable bonds is 8. The number of ketones is 1. The van der Waals surface area contributed by atoms with Crippen molar-refractivity contribution in [2.75, 3.05) is 6.61 Å². The number of hydrogen-bond donors (Lipinski definition) is 3. The van der Waals surface area contributed by atoms with Crippen molar-refractivity contribution >= 4 is 11.8 Å². The van der Waals surface area contributed by atoms with Gasteiger partial charge < -0.3 is 10.2 Å². The van der Waals surface area contributed by atoms with Crippen LogP contribution in [-0.2, 0) is 4.84 Å². The second kappa shape index (κ2) is 8.92. The largest absolute Gasteiger partial charge is 0.478 e. The Hall–Kier alpha value is -2.80. The Balaban J connectivity index is 1.35. The number of fused-ring (bicyclic) bond motifs is 2. The third kappa shape index (κ3) is 4.07. The highest BCUT2D eigenvalue weighted by atomic mass is 16.7. The molecule has 1 unspecified atom stereocenters. The van der Waals surface area contributed by atoms with Crippen LogP contribution < -0.4 is 5.48 Å². The summed E-state index contributed by atoms with van der Waals surface area (Å²) in [6.07, 6.45) is 5.45. The summed E-state index contributed by atoms with van der Waals surface area (Å²) >= 11 is 0. The Morgan fingerprint density at radius 1 is 1.03 bits per heavy atom. The maximum absolute atomic E-state index is 12.8. The van der Waals surface area contributed by atoms with E-state index < -0.39 is 18.1 Å². The summed E-state index contributed by atoms with van der Waals surface area (Å²) in [5.74, 6) is 0.239. The summed E-state index contributed by atoms with van der Waals surface area (Å²) in [6.45, 7) is -0.367. The third-order valence-corrected chi connectivity index (χ3v) is 6.18. The first-order valence-electron chi connectivity index (χ1n) is 10.3. The molecule has 6 nitrogen and oxygen atoms in total. The first kappa shape index (κ1) is 20.5. The van der Waals surface area contributed by atoms with Gasteiger partial charge in [-0.2, -0.15) is 0 Å². The normalized spacial score (nSPS) is 23.9. The molecular formula is C24H26NO5+2. The van der Waals surface area contributed by atoms with Crippen molar-refractivity contribution in [3.05, 3.63) is 83.4 Å². The predicted octanol–water partition coefficient (Wildman–Crippen LogP) is 1.81. The Labute approximate surface area is 175 Å². The highest BCUT2D eigenvalue weighted by molar-refractivity contribution is 6.00. The number of allylic oxidation sites excluding steroid dienone is 2. The fraction of sp³-hybridized carbons (Fsp3) is 0.333. The summed E-state index contributed by atoms with van der Waals surface area (Å²) in [4.78, 5) is 30.4. The highest BCUT2D eigenvalue weighted by Gasteiger charge is 2.49. The van der Waals surface area contributed by atoms with Crippen LogP contribution in [0, 0.1) is 17.8 Å². The number of Topliss-reactive ketones (excluding diaryl/α,β-unsaturated/α-hetero) is 1. The molecule has 0 saturated heterocycles. The number of nitrogens with two attached hydrogens (primary N) is 1. The number of aliphatic hydroxyl groups excluding tert-OH is 2. The third-order valence-electron chi connectivity index (χ3n) is 6.18. The van der Waals surface area contributed by atoms with Crippen molar-refractivity contribution < 1.29 is 30.1 Å². The molecule has 1 fully saturated rings. The maximum Gasteiger partial charge on any atom is 0.478 e. The van der Waals surface area contributed by atoms with E-state index in [1.54, 1.807) is 48.5 Å². The van der Waals surface area contributed by atoms with Gasteiger partial charge in [0.05, 0.1) is 11.1 Å². The van der Waals surface area contributed by atoms with Crippen molar-refractivity contribution in [1.82, 2.24) is 0 Å². The van der Waals surface area contributed by atoms with Gasteiger partial charge in [-0.15, -0.1) is 5.48 Å². The number of quaternary nitrogens is 1. The zero-order valence-electron chi connectivity index (χ0n) is 16.6. The molecule has 1 radical (unpaired) electrons. The van der Waals surface area contributed by atoms with Crippen LogP contribution in [0.25, 0.3) is 0 Å². The van der Waals surface area contributed by atoms with E-state index in [2.05, 4.69) is 12.2 Å². The lowest BCUT2D eigenvalue weighted by atomic mass is 9.88. The van der Waals surface area contributed by atoms with Gasteiger partial charge in [0.25, 0.3) is 0 Å². The Kier molecular flexibility index (Phi) is 6.08. The van der Waals surface area contributed by atoms with Gasteiger partial charge in [-0.3, -0.25) is 4.84 Å². The first-order chi connectivity index (χ1) is 14.6. The van der Waals surface area contributed by atoms with Crippen molar-refractivity contribution in [3.8, 4) is 0 Å². The molecule has 0 spiro atoms. The topological polar surface area (TPSA) is 103 Å². The molecule has 1 saturated carbocycles. The molecule has 4 N–H and O–H groups in total. The second-order valence-corrected chi connectivity index (χ2v) is 8.00. The van der Waals surface area contributed by atoms with Crippen LogP contribution in [0.5, 0.6) is 0 Å². The molecule has 2 aromatic rings. The fourth-order valence-electron chi connectivity index (χ4n) is 4.46. The average Bonchev–Trinajstić information content (AvgIpc) is 3.40. The molecule has 4 rings (SSSR count). The highest BCUT2D eigenvalue weighted by Crippen LogP contribution is 2.45. The van der Waals surface area contributed by atoms with Crippen molar-refractivity contribution in [1.29, 1.82) is 0 Å². The lowest BCUT2D eigenvalue weighted by Crippen LogP contribution is -2.91. The van der Waals surface area contributed by atoms with Gasteiger partial charge in [0.2, 0.25) is 4.79 Å². The van der Waals surface area contributed by atoms with Crippen LogP contribution in [0.3, 0.4) is 0 Å². The number of aliphatic hydroxyl groups is 2. The first-order valence-corrected chi connectivity index (χ1v) is 10.3. The van der Waals surface area contributed by atoms with Crippen LogP contribution in [0.15, 0.2) is 66.7 Å². The lowest BCUT2D eigenvalue weighted by molar-refractivity contribution is -0.899. The van der Waals surface area contributed by atoms with Crippen LogP contribution in [0.2, 0.25) is 0 Å². The molecule has 155 valence electrons. The number of hydrogen-bond acceptors (Lipinski definition) is 5. The Bertz CT molecular complexity index is 910. The summed E-state index contributed by atoms with van der Waals surface area (Å²) < 4.78 is 0. The quantitative estimate of drug-likeness (QED) is 0.268. The molecule has 30 heavy (non-hydrogen) atoms. The van der Waals surface area contributed by atoms with Gasteiger partial charge >= 0.3 is 11.8 Å². The van der Waals surface area contributed by atoms with Gasteiger partial charge in [0, 0.05) is 0 Å². The summed E-state index contributed by atoms with van der Waals surface area (Å²) in [6, 6.07) is 14.6. The smallest absolute Gasteiger partial charge is 0.390 e. The number of benzene rings is 2. The SMILES string of the molecule is O=C(O[NH2+][C@H](CO)[C@H](O)c1ccccc1)c1ccc(C(=[O+])C2[C@@H]3C=C[C@H]2CC3)cc1. The zero-order chi connectivity index (χ0) is 21.1. The predicted molar refractivity (Wildman–Crippen MR) is 109 cm³/mol. The number of carbonyl (C=O) groups excluding carboxylic acids is 2. The van der Waals surface area contributed by atoms with E-state index in [-0.39, 0.29) is 18.3 Å². The summed E-state index contributed by atoms with van der Waals surface area (Å²) in [7, 11) is 0. The van der Waals surface area contributed by atoms with E-state index in [1.165, 1.54) is 5.48 Å². The standard InChI is InChI=1S/C24H25NO5/c26-14-20(22(27)17-4-2-1-3-5-17)25-30-24(29)19-12-10-18(11-13-19)23(28)21-15-6-7-16(21)9-8-15/h1-7,10-13,15-16,20-22,25-27H,8-9,14H2/q+1/p+1/t15-,16+,20-,21?,22-/m1/s1. The van der Waals surface area contributed by atoms with E-state index in [0.717, 1.165) is 12.8 Å². The minimum absolute atomic E-state index is 0.0286. The van der Waals surface area contributed by atoms with Gasteiger partial charge in [-0.05, 0) is 54.5 Å². The minimum atomic E-state index is -0.987. The van der Waals surface area contributed by atoms with Gasteiger partial charge in [0.15, 0.2) is 6.04 Å². The molecule has 2 aliphatic carbocycles. The fourth-order valence-corrected chi connectivity index (χ4v) is 4.46. The molecule has 0 aromatic heterocycles. The van der Waals surface area contributed by atoms with E-state index in [1.807, 2.05) is 6.07 Å². The molecule has 0 aliphatic heterocycles. The van der Waals surface area contributed by atoms with Crippen molar-refractivity contribution in [2.45, 2.75) is 25.0 Å². The van der Waals surface area contributed by atoms with Crippen LogP contribution >= 0.6 is 0 Å². The van der Waals surface area contributed by atoms with Crippen LogP contribution in [0.1, 0.15) is 45.2 Å². The molecule has 6 heteroatoms. The molecule has 2 aliphatic rings. The summed E-state index contributed by atoms with van der Waals surface area (Å²) in [5.41, 5.74) is 2.71. The number of hydroxylamine groups is 1. The molecule has 5 atom stereocenters. The summed E-state index contributed by atoms with van der Waals surface area (Å²) in [5, 5.41) is 20.0. The van der Waals surface area contributed by atoms with E-state index >= 15 is 0 Å². The second-order valence-electron chi connectivity index (χ2n) is 8.00. The molecule has 0 heterocycles. The van der Waals surface area contributed by atoms with Crippen molar-refractivity contribution in [2.24, 2.45) is 17.8 Å². The van der Waals surface area contributed by atoms with E-state index in [9.17, 15) is 19.8 Å². The van der Waals surface area contributed by atoms with Crippen molar-refractivity contribution in [3.63, 3.8) is 0 Å². The van der Waals surface area contributed by atoms with Gasteiger partial charge in [-0.1, -0.05) is 42.5 Å². The molecule has 2 aromatic carbocycles. The van der Waals surface area contributed by atoms with Crippen LogP contribution in [-0.4, -0.2) is 34.6 Å². The van der Waals surface area contributed by atoms with E-state index in [0.29, 0.717) is 28.5 Å². The van der Waals surface area contributed by atoms with Gasteiger partial charge in [-0.25, -0.2) is 4.79 Å². The monoisotopic (exact) mass is 408 g/mol. The minimum Gasteiger partial charge on any atom is -0.390 e. The van der Waals surface area contributed by atoms with Crippen LogP contribution in [0.4, 0.5) is 0 Å².